The smallest absolute Gasteiger partial charge is 0.233 e. The molecule has 0 spiro atoms. The van der Waals surface area contributed by atoms with E-state index in [1.807, 2.05) is 18.5 Å². The zero-order valence-corrected chi connectivity index (χ0v) is 13.8. The number of nitrogens with zero attached hydrogens (tertiary/aromatic N) is 2. The van der Waals surface area contributed by atoms with Gasteiger partial charge in [0.05, 0.1) is 23.7 Å². The molecule has 1 heterocycles. The van der Waals surface area contributed by atoms with Crippen molar-refractivity contribution < 1.29 is 9.90 Å². The lowest BCUT2D eigenvalue weighted by molar-refractivity contribution is -0.121. The van der Waals surface area contributed by atoms with Gasteiger partial charge in [0.1, 0.15) is 0 Å². The van der Waals surface area contributed by atoms with Crippen molar-refractivity contribution in [2.24, 2.45) is 13.0 Å². The van der Waals surface area contributed by atoms with Crippen LogP contribution in [0.2, 0.25) is 0 Å². The predicted octanol–water partition coefficient (Wildman–Crippen LogP) is 2.09. The topological polar surface area (TPSA) is 67.2 Å². The summed E-state index contributed by atoms with van der Waals surface area (Å²) in [7, 11) is 1.86. The van der Waals surface area contributed by atoms with E-state index in [1.54, 1.807) is 6.20 Å². The highest BCUT2D eigenvalue weighted by molar-refractivity contribution is 8.00. The van der Waals surface area contributed by atoms with Crippen molar-refractivity contribution in [2.75, 3.05) is 0 Å². The number of hydrogen-bond acceptors (Lipinski definition) is 4. The molecular weight excluding hydrogens is 286 g/mol. The maximum atomic E-state index is 12.3. The van der Waals surface area contributed by atoms with Gasteiger partial charge in [-0.05, 0) is 25.7 Å². The Morgan fingerprint density at radius 2 is 2.29 bits per heavy atom. The molecule has 3 atom stereocenters. The van der Waals surface area contributed by atoms with E-state index in [0.717, 1.165) is 17.3 Å². The molecule has 1 saturated carbocycles. The molecular formula is C15H25N3O2S. The third kappa shape index (κ3) is 4.01. The summed E-state index contributed by atoms with van der Waals surface area (Å²) in [5.41, 5.74) is 0.756. The molecule has 0 radical (unpaired) electrons. The minimum atomic E-state index is -0.188. The quantitative estimate of drug-likeness (QED) is 0.817. The number of aliphatic hydroxyl groups is 1. The van der Waals surface area contributed by atoms with E-state index in [1.165, 1.54) is 31.0 Å². The van der Waals surface area contributed by atoms with Gasteiger partial charge in [-0.25, -0.2) is 4.98 Å². The van der Waals surface area contributed by atoms with Gasteiger partial charge in [-0.3, -0.25) is 4.79 Å². The minimum absolute atomic E-state index is 0.0375. The van der Waals surface area contributed by atoms with Gasteiger partial charge in [-0.2, -0.15) is 0 Å². The minimum Gasteiger partial charge on any atom is -0.390 e. The number of thioether (sulfide) groups is 1. The highest BCUT2D eigenvalue weighted by atomic mass is 32.2. The first kappa shape index (κ1) is 16.4. The Morgan fingerprint density at radius 1 is 1.57 bits per heavy atom. The standard InChI is InChI=1S/C15H25N3O2S/c1-10-6-4-5-7-13(10)17-14(20)11(2)21-15-16-8-12(9-19)18(15)3/h8,10-11,13,19H,4-7,9H2,1-3H3,(H,17,20). The molecule has 0 saturated heterocycles. The van der Waals surface area contributed by atoms with Crippen molar-refractivity contribution in [1.29, 1.82) is 0 Å². The number of nitrogens with one attached hydrogen (secondary N) is 1. The van der Waals surface area contributed by atoms with Crippen LogP contribution in [0.15, 0.2) is 11.4 Å². The maximum absolute atomic E-state index is 12.3. The molecule has 2 N–H and O–H groups in total. The molecule has 118 valence electrons. The molecule has 5 nitrogen and oxygen atoms in total. The Bertz CT molecular complexity index is 489. The highest BCUT2D eigenvalue weighted by Gasteiger charge is 2.25. The number of aliphatic hydroxyl groups excluding tert-OH is 1. The first-order chi connectivity index (χ1) is 10.0. The SMILES string of the molecule is CC(Sc1ncc(CO)n1C)C(=O)NC1CCCCC1C. The molecule has 1 aromatic heterocycles. The van der Waals surface area contributed by atoms with Crippen molar-refractivity contribution >= 4 is 17.7 Å². The number of hydrogen-bond donors (Lipinski definition) is 2. The van der Waals surface area contributed by atoms with Crippen molar-refractivity contribution in [3.63, 3.8) is 0 Å². The Balaban J connectivity index is 1.91. The molecule has 1 aliphatic rings. The number of imidazole rings is 1. The summed E-state index contributed by atoms with van der Waals surface area (Å²) < 4.78 is 1.83. The average molecular weight is 311 g/mol. The van der Waals surface area contributed by atoms with Crippen LogP contribution in [0, 0.1) is 5.92 Å². The summed E-state index contributed by atoms with van der Waals surface area (Å²) in [6, 6.07) is 0.309. The predicted molar refractivity (Wildman–Crippen MR) is 84.0 cm³/mol. The molecule has 1 aliphatic carbocycles. The van der Waals surface area contributed by atoms with Gasteiger partial charge in [0.25, 0.3) is 0 Å². The molecule has 1 amide bonds. The van der Waals surface area contributed by atoms with E-state index >= 15 is 0 Å². The van der Waals surface area contributed by atoms with E-state index in [2.05, 4.69) is 17.2 Å². The van der Waals surface area contributed by atoms with E-state index in [9.17, 15) is 9.90 Å². The van der Waals surface area contributed by atoms with Gasteiger partial charge >= 0.3 is 0 Å². The molecule has 21 heavy (non-hydrogen) atoms. The van der Waals surface area contributed by atoms with Crippen LogP contribution in [0.5, 0.6) is 0 Å². The summed E-state index contributed by atoms with van der Waals surface area (Å²) in [4.78, 5) is 16.6. The Kier molecular flexibility index (Phi) is 5.70. The largest absolute Gasteiger partial charge is 0.390 e. The van der Waals surface area contributed by atoms with Crippen molar-refractivity contribution in [3.05, 3.63) is 11.9 Å². The lowest BCUT2D eigenvalue weighted by Gasteiger charge is -2.30. The second-order valence-electron chi connectivity index (χ2n) is 5.89. The number of amides is 1. The molecule has 0 aliphatic heterocycles. The van der Waals surface area contributed by atoms with Gasteiger partial charge in [0.2, 0.25) is 5.91 Å². The van der Waals surface area contributed by atoms with Crippen LogP contribution in [0.4, 0.5) is 0 Å². The van der Waals surface area contributed by atoms with Gasteiger partial charge < -0.3 is 15.0 Å². The van der Waals surface area contributed by atoms with Gasteiger partial charge in [0, 0.05) is 13.1 Å². The number of rotatable bonds is 5. The van der Waals surface area contributed by atoms with Crippen LogP contribution in [0.1, 0.15) is 45.2 Å². The monoisotopic (exact) mass is 311 g/mol. The number of carbonyl (C=O) groups is 1. The highest BCUT2D eigenvalue weighted by Crippen LogP contribution is 2.26. The summed E-state index contributed by atoms with van der Waals surface area (Å²) in [5.74, 6) is 0.640. The first-order valence-corrected chi connectivity index (χ1v) is 8.49. The fraction of sp³-hybridized carbons (Fsp3) is 0.733. The second-order valence-corrected chi connectivity index (χ2v) is 7.19. The lowest BCUT2D eigenvalue weighted by atomic mass is 9.86. The van der Waals surface area contributed by atoms with Gasteiger partial charge in [0.15, 0.2) is 5.16 Å². The van der Waals surface area contributed by atoms with E-state index < -0.39 is 0 Å². The second kappa shape index (κ2) is 7.31. The summed E-state index contributed by atoms with van der Waals surface area (Å²) in [5, 5.41) is 12.9. The molecule has 1 fully saturated rings. The van der Waals surface area contributed by atoms with E-state index in [4.69, 9.17) is 0 Å². The Hall–Kier alpha value is -1.01. The van der Waals surface area contributed by atoms with E-state index in [0.29, 0.717) is 12.0 Å². The zero-order valence-electron chi connectivity index (χ0n) is 13.0. The van der Waals surface area contributed by atoms with Crippen molar-refractivity contribution in [1.82, 2.24) is 14.9 Å². The third-order valence-electron chi connectivity index (χ3n) is 4.29. The molecule has 0 aromatic carbocycles. The fourth-order valence-electron chi connectivity index (χ4n) is 2.72. The zero-order chi connectivity index (χ0) is 15.4. The third-order valence-corrected chi connectivity index (χ3v) is 5.45. The molecule has 0 bridgehead atoms. The van der Waals surface area contributed by atoms with Crippen LogP contribution in [-0.4, -0.2) is 31.9 Å². The molecule has 3 unspecified atom stereocenters. The Labute approximate surface area is 130 Å². The van der Waals surface area contributed by atoms with Crippen LogP contribution in [-0.2, 0) is 18.4 Å². The van der Waals surface area contributed by atoms with Gasteiger partial charge in [-0.1, -0.05) is 31.5 Å². The Morgan fingerprint density at radius 3 is 2.90 bits per heavy atom. The normalized spacial score (nSPS) is 23.8. The fourth-order valence-corrected chi connectivity index (χ4v) is 3.60. The van der Waals surface area contributed by atoms with Crippen LogP contribution >= 0.6 is 11.8 Å². The van der Waals surface area contributed by atoms with Crippen molar-refractivity contribution in [3.8, 4) is 0 Å². The first-order valence-electron chi connectivity index (χ1n) is 7.61. The van der Waals surface area contributed by atoms with Crippen LogP contribution in [0.3, 0.4) is 0 Å². The molecule has 2 rings (SSSR count). The molecule has 1 aromatic rings. The van der Waals surface area contributed by atoms with Gasteiger partial charge in [-0.15, -0.1) is 0 Å². The summed E-state index contributed by atoms with van der Waals surface area (Å²) in [6.07, 6.45) is 6.41. The van der Waals surface area contributed by atoms with E-state index in [-0.39, 0.29) is 17.8 Å². The van der Waals surface area contributed by atoms with Crippen LogP contribution in [0.25, 0.3) is 0 Å². The van der Waals surface area contributed by atoms with Crippen LogP contribution < -0.4 is 5.32 Å². The number of carbonyl (C=O) groups excluding carboxylic acids is 1. The summed E-state index contributed by atoms with van der Waals surface area (Å²) >= 11 is 1.43. The lowest BCUT2D eigenvalue weighted by Crippen LogP contribution is -2.44. The molecule has 6 heteroatoms. The number of aromatic nitrogens is 2. The average Bonchev–Trinajstić information content (AvgIpc) is 2.82. The maximum Gasteiger partial charge on any atom is 0.233 e. The summed E-state index contributed by atoms with van der Waals surface area (Å²) in [6.45, 7) is 4.08. The van der Waals surface area contributed by atoms with Crippen molar-refractivity contribution in [2.45, 2.75) is 62.6 Å².